The molecule has 0 unspecified atom stereocenters. The molecule has 0 saturated carbocycles. The second-order valence-corrected chi connectivity index (χ2v) is 11.4. The number of hydrogen-bond donors (Lipinski definition) is 0. The van der Waals surface area contributed by atoms with Crippen molar-refractivity contribution in [3.8, 4) is 33.8 Å². The Morgan fingerprint density at radius 3 is 1.02 bits per heavy atom. The minimum absolute atomic E-state index is 0.0990. The van der Waals surface area contributed by atoms with Gasteiger partial charge in [0.15, 0.2) is 19.6 Å². The maximum absolute atomic E-state index is 11.3. The fourth-order valence-corrected chi connectivity index (χ4v) is 5.53. The van der Waals surface area contributed by atoms with Gasteiger partial charge in [0.2, 0.25) is 15.8 Å². The zero-order chi connectivity index (χ0) is 34.1. The molecule has 3 heterocycles. The lowest BCUT2D eigenvalue weighted by atomic mass is 9.99. The summed E-state index contributed by atoms with van der Waals surface area (Å²) < 4.78 is 21.3. The SMILES string of the molecule is CCCCCC[n+]1noc(/N=N\[O-])c1-c1cc(-c2c(/N=N\[O-])on[n+]2CCCCCC)cc(-c2c(/N=N\[O-])on[n+]2CCCCCC)c1. The molecule has 0 amide bonds. The van der Waals surface area contributed by atoms with E-state index in [1.54, 1.807) is 32.2 Å². The van der Waals surface area contributed by atoms with E-state index in [2.05, 4.69) is 67.8 Å². The predicted octanol–water partition coefficient (Wildman–Crippen LogP) is 8.00. The van der Waals surface area contributed by atoms with Gasteiger partial charge in [0.1, 0.15) is 0 Å². The van der Waals surface area contributed by atoms with Crippen molar-refractivity contribution in [1.82, 2.24) is 15.8 Å². The first-order valence-corrected chi connectivity index (χ1v) is 16.6. The van der Waals surface area contributed by atoms with Gasteiger partial charge in [-0.05, 0) is 51.5 Å². The summed E-state index contributed by atoms with van der Waals surface area (Å²) in [5.74, 6) is -0.297. The normalized spacial score (nSPS) is 12.1. The minimum Gasteiger partial charge on any atom is -0.775 e. The van der Waals surface area contributed by atoms with Gasteiger partial charge in [0, 0.05) is 19.3 Å². The molecule has 0 aliphatic carbocycles. The van der Waals surface area contributed by atoms with E-state index in [-0.39, 0.29) is 17.7 Å². The Labute approximate surface area is 277 Å². The Morgan fingerprint density at radius 2 is 0.771 bits per heavy atom. The number of aryl methyl sites for hydroxylation is 3. The Kier molecular flexibility index (Phi) is 14.0. The summed E-state index contributed by atoms with van der Waals surface area (Å²) in [5, 5.41) is 65.6. The quantitative estimate of drug-likeness (QED) is 0.0362. The lowest BCUT2D eigenvalue weighted by Crippen LogP contribution is -2.38. The number of nitrogens with zero attached hydrogens (tertiary/aromatic N) is 12. The first-order chi connectivity index (χ1) is 23.6. The van der Waals surface area contributed by atoms with Gasteiger partial charge < -0.3 is 15.6 Å². The fraction of sp³-hybridized carbons (Fsp3) is 0.600. The molecule has 0 saturated heterocycles. The van der Waals surface area contributed by atoms with Crippen LogP contribution in [0.4, 0.5) is 17.7 Å². The summed E-state index contributed by atoms with van der Waals surface area (Å²) >= 11 is 0. The van der Waals surface area contributed by atoms with Crippen molar-refractivity contribution in [2.45, 2.75) is 117 Å². The van der Waals surface area contributed by atoms with Crippen LogP contribution in [0.3, 0.4) is 0 Å². The molecule has 4 aromatic rings. The standard InChI is InChI=1S/C30H42N12O6/c1-4-7-10-13-16-40-25(28(31-34-43)46-37-40)22-19-23(26-29(32-35-44)47-38-41(26)17-14-11-8-5-2)21-24(20-22)27-30(33-36-45)48-39-42(27)18-15-12-9-6-3/h19-21H,4-18H2,1-3H3. The molecule has 48 heavy (non-hydrogen) atoms. The number of hydrogen-bond acceptors (Lipinski definition) is 15. The third kappa shape index (κ3) is 9.01. The van der Waals surface area contributed by atoms with Crippen LogP contribution in [-0.2, 0) is 19.6 Å². The van der Waals surface area contributed by atoms with Crippen LogP contribution in [0, 0.1) is 15.6 Å². The molecule has 3 aromatic heterocycles. The largest absolute Gasteiger partial charge is 0.775 e. The molecule has 0 bridgehead atoms. The molecule has 0 aliphatic heterocycles. The van der Waals surface area contributed by atoms with E-state index in [0.29, 0.717) is 53.4 Å². The fourth-order valence-electron chi connectivity index (χ4n) is 5.53. The van der Waals surface area contributed by atoms with E-state index in [1.807, 2.05) is 0 Å². The van der Waals surface area contributed by atoms with Gasteiger partial charge in [-0.25, -0.2) is 15.8 Å². The van der Waals surface area contributed by atoms with E-state index in [9.17, 15) is 15.6 Å². The smallest absolute Gasteiger partial charge is 0.347 e. The Balaban J connectivity index is 1.96. The molecular formula is C30H42N12O6. The molecule has 1 aromatic carbocycles. The van der Waals surface area contributed by atoms with Crippen molar-refractivity contribution in [3.63, 3.8) is 0 Å². The highest BCUT2D eigenvalue weighted by molar-refractivity contribution is 5.81. The highest BCUT2D eigenvalue weighted by Crippen LogP contribution is 2.38. The molecule has 0 N–H and O–H groups in total. The average Bonchev–Trinajstić information content (AvgIpc) is 3.81. The van der Waals surface area contributed by atoms with Crippen molar-refractivity contribution in [1.29, 1.82) is 0 Å². The van der Waals surface area contributed by atoms with Gasteiger partial charge in [-0.3, -0.25) is 13.6 Å². The molecular weight excluding hydrogens is 624 g/mol. The van der Waals surface area contributed by atoms with E-state index in [0.717, 1.165) is 77.0 Å². The van der Waals surface area contributed by atoms with Crippen LogP contribution in [0.2, 0.25) is 0 Å². The first-order valence-electron chi connectivity index (χ1n) is 16.6. The van der Waals surface area contributed by atoms with E-state index in [1.165, 1.54) is 0 Å². The van der Waals surface area contributed by atoms with Crippen LogP contribution in [0.15, 0.2) is 62.9 Å². The van der Waals surface area contributed by atoms with Crippen molar-refractivity contribution < 1.29 is 27.6 Å². The summed E-state index contributed by atoms with van der Waals surface area (Å²) in [7, 11) is 0. The maximum atomic E-state index is 11.3. The topological polar surface area (TPSA) is 233 Å². The zero-order valence-electron chi connectivity index (χ0n) is 27.7. The van der Waals surface area contributed by atoms with Gasteiger partial charge in [-0.15, -0.1) is 15.3 Å². The summed E-state index contributed by atoms with van der Waals surface area (Å²) in [6, 6.07) is 5.36. The van der Waals surface area contributed by atoms with Crippen molar-refractivity contribution in [3.05, 3.63) is 33.8 Å². The molecule has 18 heteroatoms. The number of benzene rings is 1. The average molecular weight is 667 g/mol. The molecule has 0 fully saturated rings. The van der Waals surface area contributed by atoms with Gasteiger partial charge in [-0.1, -0.05) is 59.3 Å². The second-order valence-electron chi connectivity index (χ2n) is 11.4. The Bertz CT molecular complexity index is 1460. The van der Waals surface area contributed by atoms with E-state index >= 15 is 0 Å². The molecule has 18 nitrogen and oxygen atoms in total. The lowest BCUT2D eigenvalue weighted by Gasteiger charge is -2.05. The first kappa shape index (κ1) is 35.7. The molecule has 0 atom stereocenters. The van der Waals surface area contributed by atoms with E-state index < -0.39 is 0 Å². The van der Waals surface area contributed by atoms with Gasteiger partial charge in [0.25, 0.3) is 0 Å². The van der Waals surface area contributed by atoms with Crippen LogP contribution in [0.1, 0.15) is 97.8 Å². The summed E-state index contributed by atoms with van der Waals surface area (Å²) in [4.78, 5) is 0. The molecule has 4 rings (SSSR count). The van der Waals surface area contributed by atoms with Gasteiger partial charge in [0.05, 0.1) is 16.7 Å². The highest BCUT2D eigenvalue weighted by Gasteiger charge is 2.35. The van der Waals surface area contributed by atoms with Crippen LogP contribution in [0.5, 0.6) is 0 Å². The Morgan fingerprint density at radius 1 is 0.479 bits per heavy atom. The molecule has 0 radical (unpaired) electrons. The summed E-state index contributed by atoms with van der Waals surface area (Å²) in [6.07, 6.45) is 11.6. The number of aromatic nitrogens is 6. The lowest BCUT2D eigenvalue weighted by molar-refractivity contribution is -0.753. The van der Waals surface area contributed by atoms with Crippen LogP contribution < -0.4 is 14.0 Å². The Hall–Kier alpha value is -5.16. The molecule has 0 aliphatic rings. The third-order valence-corrected chi connectivity index (χ3v) is 7.88. The van der Waals surface area contributed by atoms with Crippen LogP contribution in [-0.4, -0.2) is 15.8 Å². The van der Waals surface area contributed by atoms with Gasteiger partial charge >= 0.3 is 34.7 Å². The van der Waals surface area contributed by atoms with Crippen molar-refractivity contribution >= 4 is 17.7 Å². The van der Waals surface area contributed by atoms with Crippen LogP contribution >= 0.6 is 0 Å². The van der Waals surface area contributed by atoms with Gasteiger partial charge in [-0.2, -0.15) is 0 Å². The van der Waals surface area contributed by atoms with Crippen molar-refractivity contribution in [2.24, 2.45) is 31.2 Å². The van der Waals surface area contributed by atoms with E-state index in [4.69, 9.17) is 13.6 Å². The van der Waals surface area contributed by atoms with Crippen molar-refractivity contribution in [2.75, 3.05) is 0 Å². The highest BCUT2D eigenvalue weighted by atomic mass is 16.5. The monoisotopic (exact) mass is 666 g/mol. The third-order valence-electron chi connectivity index (χ3n) is 7.88. The predicted molar refractivity (Wildman–Crippen MR) is 170 cm³/mol. The maximum Gasteiger partial charge on any atom is 0.347 e. The number of rotatable bonds is 21. The summed E-state index contributed by atoms with van der Waals surface area (Å²) in [5.41, 5.74) is 2.66. The molecule has 258 valence electrons. The minimum atomic E-state index is -0.0990. The zero-order valence-corrected chi connectivity index (χ0v) is 27.7. The molecule has 0 spiro atoms. The number of unbranched alkanes of at least 4 members (excludes halogenated alkanes) is 9. The second kappa shape index (κ2) is 18.9. The van der Waals surface area contributed by atoms with Crippen LogP contribution in [0.25, 0.3) is 33.8 Å². The summed E-state index contributed by atoms with van der Waals surface area (Å²) in [6.45, 7) is 7.81.